The summed E-state index contributed by atoms with van der Waals surface area (Å²) in [6.45, 7) is 6.33. The van der Waals surface area contributed by atoms with E-state index in [1.807, 2.05) is 0 Å². The van der Waals surface area contributed by atoms with Crippen LogP contribution in [0.5, 0.6) is 0 Å². The Labute approximate surface area is 115 Å². The van der Waals surface area contributed by atoms with Gasteiger partial charge in [0.2, 0.25) is 5.91 Å². The van der Waals surface area contributed by atoms with Gasteiger partial charge < -0.3 is 10.6 Å². The lowest BCUT2D eigenvalue weighted by Crippen LogP contribution is -2.34. The highest BCUT2D eigenvalue weighted by molar-refractivity contribution is 7.99. The predicted octanol–water partition coefficient (Wildman–Crippen LogP) is 1.96. The summed E-state index contributed by atoms with van der Waals surface area (Å²) >= 11 is 1.78. The zero-order valence-electron chi connectivity index (χ0n) is 11.6. The van der Waals surface area contributed by atoms with E-state index in [2.05, 4.69) is 18.7 Å². The Balaban J connectivity index is 1.68. The molecular formula is C14H26N2OS. The Hall–Kier alpha value is -0.220. The molecule has 104 valence electrons. The topological polar surface area (TPSA) is 46.3 Å². The Morgan fingerprint density at radius 1 is 1.39 bits per heavy atom. The van der Waals surface area contributed by atoms with Gasteiger partial charge in [-0.05, 0) is 42.8 Å². The van der Waals surface area contributed by atoms with E-state index >= 15 is 0 Å². The third-order valence-corrected chi connectivity index (χ3v) is 5.31. The van der Waals surface area contributed by atoms with Crippen molar-refractivity contribution in [1.82, 2.24) is 4.90 Å². The second-order valence-electron chi connectivity index (χ2n) is 6.20. The van der Waals surface area contributed by atoms with Gasteiger partial charge in [0.05, 0.1) is 5.75 Å². The van der Waals surface area contributed by atoms with Crippen molar-refractivity contribution in [3.05, 3.63) is 0 Å². The van der Waals surface area contributed by atoms with Gasteiger partial charge in [-0.15, -0.1) is 0 Å². The molecule has 1 aliphatic heterocycles. The Morgan fingerprint density at radius 3 is 2.83 bits per heavy atom. The first kappa shape index (κ1) is 14.2. The Kier molecular flexibility index (Phi) is 4.96. The lowest BCUT2D eigenvalue weighted by atomic mass is 9.98. The molecule has 0 aromatic heterocycles. The fourth-order valence-electron chi connectivity index (χ4n) is 3.08. The molecule has 1 aliphatic carbocycles. The van der Waals surface area contributed by atoms with E-state index in [-0.39, 0.29) is 0 Å². The normalized spacial score (nSPS) is 31.1. The molecule has 0 spiro atoms. The van der Waals surface area contributed by atoms with Crippen molar-refractivity contribution in [3.8, 4) is 0 Å². The number of carbonyl (C=O) groups is 1. The van der Waals surface area contributed by atoms with Gasteiger partial charge in [-0.3, -0.25) is 4.79 Å². The van der Waals surface area contributed by atoms with Crippen molar-refractivity contribution < 1.29 is 4.79 Å². The summed E-state index contributed by atoms with van der Waals surface area (Å²) in [5.74, 6) is 4.08. The molecule has 18 heavy (non-hydrogen) atoms. The maximum atomic E-state index is 12.1. The molecule has 0 aromatic rings. The van der Waals surface area contributed by atoms with E-state index in [1.165, 1.54) is 12.8 Å². The summed E-state index contributed by atoms with van der Waals surface area (Å²) in [5, 5.41) is 0. The van der Waals surface area contributed by atoms with E-state index < -0.39 is 0 Å². The van der Waals surface area contributed by atoms with Crippen LogP contribution in [0.25, 0.3) is 0 Å². The highest BCUT2D eigenvalue weighted by atomic mass is 32.2. The summed E-state index contributed by atoms with van der Waals surface area (Å²) in [7, 11) is 0. The molecule has 3 unspecified atom stereocenters. The molecule has 0 aromatic carbocycles. The van der Waals surface area contributed by atoms with Crippen LogP contribution in [-0.4, -0.2) is 41.4 Å². The molecule has 0 radical (unpaired) electrons. The summed E-state index contributed by atoms with van der Waals surface area (Å²) in [6, 6.07) is 0.335. The van der Waals surface area contributed by atoms with Crippen molar-refractivity contribution in [3.63, 3.8) is 0 Å². The minimum absolute atomic E-state index is 0.324. The van der Waals surface area contributed by atoms with Crippen molar-refractivity contribution in [2.24, 2.45) is 23.5 Å². The SMILES string of the molecule is CC(C)CCSCC(=O)N1CC2CCC(N)C2C1. The molecule has 3 atom stereocenters. The number of nitrogens with zero attached hydrogens (tertiary/aromatic N) is 1. The predicted molar refractivity (Wildman–Crippen MR) is 77.5 cm³/mol. The number of nitrogens with two attached hydrogens (primary N) is 1. The van der Waals surface area contributed by atoms with E-state index in [9.17, 15) is 4.79 Å². The van der Waals surface area contributed by atoms with E-state index in [1.54, 1.807) is 11.8 Å². The number of fused-ring (bicyclic) bond motifs is 1. The van der Waals surface area contributed by atoms with Gasteiger partial charge >= 0.3 is 0 Å². The van der Waals surface area contributed by atoms with Gasteiger partial charge in [0.1, 0.15) is 0 Å². The van der Waals surface area contributed by atoms with Crippen molar-refractivity contribution in [1.29, 1.82) is 0 Å². The van der Waals surface area contributed by atoms with Crippen LogP contribution in [0.1, 0.15) is 33.1 Å². The van der Waals surface area contributed by atoms with Crippen LogP contribution in [-0.2, 0) is 4.79 Å². The largest absolute Gasteiger partial charge is 0.341 e. The maximum absolute atomic E-state index is 12.1. The zero-order valence-corrected chi connectivity index (χ0v) is 12.4. The van der Waals surface area contributed by atoms with Crippen LogP contribution in [0.2, 0.25) is 0 Å². The van der Waals surface area contributed by atoms with Gasteiger partial charge in [0, 0.05) is 19.1 Å². The van der Waals surface area contributed by atoms with Gasteiger partial charge in [0.25, 0.3) is 0 Å². The van der Waals surface area contributed by atoms with Crippen LogP contribution in [0.3, 0.4) is 0 Å². The number of hydrogen-bond donors (Lipinski definition) is 1. The second kappa shape index (κ2) is 6.29. The van der Waals surface area contributed by atoms with Crippen molar-refractivity contribution in [2.75, 3.05) is 24.6 Å². The van der Waals surface area contributed by atoms with Gasteiger partial charge in [-0.1, -0.05) is 13.8 Å². The first-order valence-corrected chi connectivity index (χ1v) is 8.34. The number of carbonyl (C=O) groups excluding carboxylic acids is 1. The molecule has 2 rings (SSSR count). The summed E-state index contributed by atoms with van der Waals surface area (Å²) in [6.07, 6.45) is 3.57. The lowest BCUT2D eigenvalue weighted by Gasteiger charge is -2.18. The van der Waals surface area contributed by atoms with E-state index in [4.69, 9.17) is 5.73 Å². The maximum Gasteiger partial charge on any atom is 0.232 e. The molecule has 2 N–H and O–H groups in total. The van der Waals surface area contributed by atoms with E-state index in [0.29, 0.717) is 29.5 Å². The van der Waals surface area contributed by atoms with Crippen LogP contribution in [0.15, 0.2) is 0 Å². The smallest absolute Gasteiger partial charge is 0.232 e. The molecule has 2 fully saturated rings. The van der Waals surface area contributed by atoms with Gasteiger partial charge in [-0.2, -0.15) is 11.8 Å². The first-order valence-electron chi connectivity index (χ1n) is 7.19. The summed E-state index contributed by atoms with van der Waals surface area (Å²) < 4.78 is 0. The lowest BCUT2D eigenvalue weighted by molar-refractivity contribution is -0.127. The molecular weight excluding hydrogens is 244 g/mol. The molecule has 1 heterocycles. The summed E-state index contributed by atoms with van der Waals surface area (Å²) in [5.41, 5.74) is 6.09. The third-order valence-electron chi connectivity index (χ3n) is 4.33. The van der Waals surface area contributed by atoms with Crippen molar-refractivity contribution in [2.45, 2.75) is 39.2 Å². The molecule has 0 bridgehead atoms. The summed E-state index contributed by atoms with van der Waals surface area (Å²) in [4.78, 5) is 14.1. The number of hydrogen-bond acceptors (Lipinski definition) is 3. The molecule has 1 saturated carbocycles. The zero-order chi connectivity index (χ0) is 13.1. The third kappa shape index (κ3) is 3.41. The minimum atomic E-state index is 0.324. The van der Waals surface area contributed by atoms with Crippen molar-refractivity contribution >= 4 is 17.7 Å². The molecule has 1 amide bonds. The molecule has 3 nitrogen and oxygen atoms in total. The molecule has 4 heteroatoms. The second-order valence-corrected chi connectivity index (χ2v) is 7.30. The van der Waals surface area contributed by atoms with E-state index in [0.717, 1.165) is 31.2 Å². The number of likely N-dealkylation sites (tertiary alicyclic amines) is 1. The number of amides is 1. The fraction of sp³-hybridized carbons (Fsp3) is 0.929. The van der Waals surface area contributed by atoms with Gasteiger partial charge in [-0.25, -0.2) is 0 Å². The monoisotopic (exact) mass is 270 g/mol. The highest BCUT2D eigenvalue weighted by Crippen LogP contribution is 2.37. The number of rotatable bonds is 5. The average molecular weight is 270 g/mol. The number of thioether (sulfide) groups is 1. The molecule has 1 saturated heterocycles. The first-order chi connectivity index (χ1) is 8.58. The van der Waals surface area contributed by atoms with Gasteiger partial charge in [0.15, 0.2) is 0 Å². The average Bonchev–Trinajstić information content (AvgIpc) is 2.87. The quantitative estimate of drug-likeness (QED) is 0.777. The highest BCUT2D eigenvalue weighted by Gasteiger charge is 2.42. The fourth-order valence-corrected chi connectivity index (χ4v) is 4.22. The Bertz CT molecular complexity index is 296. The molecule has 2 aliphatic rings. The minimum Gasteiger partial charge on any atom is -0.341 e. The van der Waals surface area contributed by atoms with Crippen LogP contribution >= 0.6 is 11.8 Å². The van der Waals surface area contributed by atoms with Crippen LogP contribution in [0, 0.1) is 17.8 Å². The van der Waals surface area contributed by atoms with Crippen LogP contribution < -0.4 is 5.73 Å². The Morgan fingerprint density at radius 2 is 2.17 bits per heavy atom. The van der Waals surface area contributed by atoms with Crippen LogP contribution in [0.4, 0.5) is 0 Å². The standard InChI is InChI=1S/C14H26N2OS/c1-10(2)5-6-18-9-14(17)16-7-11-3-4-13(15)12(11)8-16/h10-13H,3-9,15H2,1-2H3.